The van der Waals surface area contributed by atoms with E-state index >= 15 is 0 Å². The summed E-state index contributed by atoms with van der Waals surface area (Å²) in [6.45, 7) is 3.25. The molecule has 1 fully saturated rings. The van der Waals surface area contributed by atoms with Crippen molar-refractivity contribution in [1.29, 1.82) is 0 Å². The van der Waals surface area contributed by atoms with Crippen molar-refractivity contribution in [2.24, 2.45) is 5.73 Å². The molecule has 2 rings (SSSR count). The van der Waals surface area contributed by atoms with E-state index in [1.54, 1.807) is 7.11 Å². The second-order valence-corrected chi connectivity index (χ2v) is 5.77. The molecule has 1 saturated heterocycles. The van der Waals surface area contributed by atoms with E-state index in [9.17, 15) is 0 Å². The molecular weight excluding hydrogens is 292 g/mol. The SMILES string of the molecule is COc1ccc(Br)cc1C(N)CN1CCCCC1. The predicted octanol–water partition coefficient (Wildman–Crippen LogP) is 2.94. The van der Waals surface area contributed by atoms with Gasteiger partial charge in [0.15, 0.2) is 0 Å². The number of methoxy groups -OCH3 is 1. The van der Waals surface area contributed by atoms with Crippen LogP contribution < -0.4 is 10.5 Å². The number of piperidine rings is 1. The first-order chi connectivity index (χ1) is 8.70. The Kier molecular flexibility index (Phi) is 5.03. The van der Waals surface area contributed by atoms with Crippen LogP contribution in [0.5, 0.6) is 5.75 Å². The molecule has 3 nitrogen and oxygen atoms in total. The number of hydrogen-bond donors (Lipinski definition) is 1. The van der Waals surface area contributed by atoms with E-state index < -0.39 is 0 Å². The van der Waals surface area contributed by atoms with Gasteiger partial charge < -0.3 is 15.4 Å². The lowest BCUT2D eigenvalue weighted by Gasteiger charge is -2.29. The maximum absolute atomic E-state index is 6.33. The Bertz CT molecular complexity index is 391. The molecule has 100 valence electrons. The molecule has 4 heteroatoms. The average Bonchev–Trinajstić information content (AvgIpc) is 2.40. The number of benzene rings is 1. The lowest BCUT2D eigenvalue weighted by molar-refractivity contribution is 0.215. The van der Waals surface area contributed by atoms with Gasteiger partial charge in [-0.1, -0.05) is 22.4 Å². The molecule has 1 unspecified atom stereocenters. The fourth-order valence-corrected chi connectivity index (χ4v) is 2.89. The molecule has 18 heavy (non-hydrogen) atoms. The van der Waals surface area contributed by atoms with Crippen LogP contribution in [0.1, 0.15) is 30.9 Å². The van der Waals surface area contributed by atoms with Crippen molar-refractivity contribution in [2.75, 3.05) is 26.7 Å². The monoisotopic (exact) mass is 312 g/mol. The number of ether oxygens (including phenoxy) is 1. The van der Waals surface area contributed by atoms with Gasteiger partial charge in [0.25, 0.3) is 0 Å². The zero-order valence-corrected chi connectivity index (χ0v) is 12.4. The maximum Gasteiger partial charge on any atom is 0.123 e. The molecule has 0 aliphatic carbocycles. The van der Waals surface area contributed by atoms with Crippen LogP contribution in [0.2, 0.25) is 0 Å². The van der Waals surface area contributed by atoms with Crippen molar-refractivity contribution in [3.63, 3.8) is 0 Å². The van der Waals surface area contributed by atoms with E-state index in [1.807, 2.05) is 12.1 Å². The van der Waals surface area contributed by atoms with Gasteiger partial charge in [0, 0.05) is 22.6 Å². The molecule has 0 bridgehead atoms. The van der Waals surface area contributed by atoms with Gasteiger partial charge in [0.2, 0.25) is 0 Å². The average molecular weight is 313 g/mol. The smallest absolute Gasteiger partial charge is 0.123 e. The van der Waals surface area contributed by atoms with Crippen LogP contribution in [0.15, 0.2) is 22.7 Å². The topological polar surface area (TPSA) is 38.5 Å². The van der Waals surface area contributed by atoms with Gasteiger partial charge in [-0.15, -0.1) is 0 Å². The number of hydrogen-bond acceptors (Lipinski definition) is 3. The highest BCUT2D eigenvalue weighted by molar-refractivity contribution is 9.10. The van der Waals surface area contributed by atoms with Crippen LogP contribution in [-0.4, -0.2) is 31.6 Å². The third-order valence-corrected chi connectivity index (χ3v) is 3.99. The largest absolute Gasteiger partial charge is 0.496 e. The zero-order valence-electron chi connectivity index (χ0n) is 10.9. The molecule has 1 aliphatic rings. The van der Waals surface area contributed by atoms with Crippen LogP contribution in [0.4, 0.5) is 0 Å². The molecular formula is C14H21BrN2O. The summed E-state index contributed by atoms with van der Waals surface area (Å²) in [5, 5.41) is 0. The molecule has 0 radical (unpaired) electrons. The van der Waals surface area contributed by atoms with Gasteiger partial charge in [-0.3, -0.25) is 0 Å². The highest BCUT2D eigenvalue weighted by Crippen LogP contribution is 2.28. The van der Waals surface area contributed by atoms with Crippen molar-refractivity contribution >= 4 is 15.9 Å². The summed E-state index contributed by atoms with van der Waals surface area (Å²) in [7, 11) is 1.69. The quantitative estimate of drug-likeness (QED) is 0.929. The molecule has 1 aliphatic heterocycles. The van der Waals surface area contributed by atoms with Crippen molar-refractivity contribution in [2.45, 2.75) is 25.3 Å². The van der Waals surface area contributed by atoms with E-state index in [1.165, 1.54) is 32.4 Å². The van der Waals surface area contributed by atoms with Crippen LogP contribution in [0, 0.1) is 0 Å². The van der Waals surface area contributed by atoms with E-state index in [0.29, 0.717) is 0 Å². The summed E-state index contributed by atoms with van der Waals surface area (Å²) in [6, 6.07) is 6.02. The van der Waals surface area contributed by atoms with E-state index in [2.05, 4.69) is 26.9 Å². The summed E-state index contributed by atoms with van der Waals surface area (Å²) in [4.78, 5) is 2.45. The Labute approximate surface area is 117 Å². The minimum atomic E-state index is 0.00977. The number of nitrogens with two attached hydrogens (primary N) is 1. The molecule has 1 aromatic carbocycles. The lowest BCUT2D eigenvalue weighted by atomic mass is 10.0. The van der Waals surface area contributed by atoms with Crippen LogP contribution >= 0.6 is 15.9 Å². The lowest BCUT2D eigenvalue weighted by Crippen LogP contribution is -2.36. The molecule has 0 spiro atoms. The molecule has 0 saturated carbocycles. The van der Waals surface area contributed by atoms with E-state index in [-0.39, 0.29) is 6.04 Å². The third-order valence-electron chi connectivity index (χ3n) is 3.49. The second-order valence-electron chi connectivity index (χ2n) is 4.85. The number of nitrogens with zero attached hydrogens (tertiary/aromatic N) is 1. The van der Waals surface area contributed by atoms with Gasteiger partial charge in [0.05, 0.1) is 7.11 Å². The normalized spacial score (nSPS) is 18.6. The Hall–Kier alpha value is -0.580. The Morgan fingerprint density at radius 3 is 2.72 bits per heavy atom. The summed E-state index contributed by atoms with van der Waals surface area (Å²) < 4.78 is 6.44. The first-order valence-corrected chi connectivity index (χ1v) is 7.31. The van der Waals surface area contributed by atoms with Gasteiger partial charge in [0.1, 0.15) is 5.75 Å². The standard InChI is InChI=1S/C14H21BrN2O/c1-18-14-6-5-11(15)9-12(14)13(16)10-17-7-3-2-4-8-17/h5-6,9,13H,2-4,7-8,10,16H2,1H3. The molecule has 2 N–H and O–H groups in total. The van der Waals surface area contributed by atoms with E-state index in [0.717, 1.165) is 22.3 Å². The van der Waals surface area contributed by atoms with Crippen LogP contribution in [0.3, 0.4) is 0 Å². The number of halogens is 1. The van der Waals surface area contributed by atoms with Crippen molar-refractivity contribution < 1.29 is 4.74 Å². The molecule has 1 heterocycles. The Morgan fingerprint density at radius 2 is 2.06 bits per heavy atom. The first-order valence-electron chi connectivity index (χ1n) is 6.52. The fraction of sp³-hybridized carbons (Fsp3) is 0.571. The number of rotatable bonds is 4. The highest BCUT2D eigenvalue weighted by Gasteiger charge is 2.17. The molecule has 0 amide bonds. The van der Waals surface area contributed by atoms with Gasteiger partial charge in [-0.2, -0.15) is 0 Å². The minimum absolute atomic E-state index is 0.00977. The van der Waals surface area contributed by atoms with Gasteiger partial charge in [-0.25, -0.2) is 0 Å². The summed E-state index contributed by atoms with van der Waals surface area (Å²) >= 11 is 3.49. The maximum atomic E-state index is 6.33. The van der Waals surface area contributed by atoms with Crippen molar-refractivity contribution in [3.05, 3.63) is 28.2 Å². The molecule has 1 aromatic rings. The second kappa shape index (κ2) is 6.55. The summed E-state index contributed by atoms with van der Waals surface area (Å²) in [5.41, 5.74) is 7.41. The van der Waals surface area contributed by atoms with Crippen molar-refractivity contribution in [3.8, 4) is 5.75 Å². The van der Waals surface area contributed by atoms with Gasteiger partial charge in [-0.05, 0) is 44.1 Å². The highest BCUT2D eigenvalue weighted by atomic mass is 79.9. The summed E-state index contributed by atoms with van der Waals surface area (Å²) in [6.07, 6.45) is 3.94. The third kappa shape index (κ3) is 3.46. The molecule has 1 atom stereocenters. The van der Waals surface area contributed by atoms with E-state index in [4.69, 9.17) is 10.5 Å². The van der Waals surface area contributed by atoms with Crippen LogP contribution in [0.25, 0.3) is 0 Å². The van der Waals surface area contributed by atoms with Crippen LogP contribution in [-0.2, 0) is 0 Å². The van der Waals surface area contributed by atoms with Crippen molar-refractivity contribution in [1.82, 2.24) is 4.90 Å². The Morgan fingerprint density at radius 1 is 1.33 bits per heavy atom. The Balaban J connectivity index is 2.07. The first kappa shape index (κ1) is 13.8. The minimum Gasteiger partial charge on any atom is -0.496 e. The summed E-state index contributed by atoms with van der Waals surface area (Å²) in [5.74, 6) is 0.878. The zero-order chi connectivity index (χ0) is 13.0. The van der Waals surface area contributed by atoms with Gasteiger partial charge >= 0.3 is 0 Å². The predicted molar refractivity (Wildman–Crippen MR) is 77.9 cm³/mol. The molecule has 0 aromatic heterocycles. The fourth-order valence-electron chi connectivity index (χ4n) is 2.51. The number of likely N-dealkylation sites (tertiary alicyclic amines) is 1.